The van der Waals surface area contributed by atoms with Crippen molar-refractivity contribution >= 4 is 27.0 Å². The molecule has 0 spiro atoms. The van der Waals surface area contributed by atoms with E-state index in [0.717, 1.165) is 5.52 Å². The molecule has 0 amide bonds. The van der Waals surface area contributed by atoms with Crippen LogP contribution in [0.25, 0.3) is 11.1 Å². The third kappa shape index (κ3) is 2.45. The predicted octanol–water partition coefficient (Wildman–Crippen LogP) is 4.78. The van der Waals surface area contributed by atoms with E-state index in [1.165, 1.54) is 18.2 Å². The molecule has 0 aliphatic heterocycles. The van der Waals surface area contributed by atoms with Gasteiger partial charge in [-0.2, -0.15) is 0 Å². The molecule has 1 heterocycles. The Kier molecular flexibility index (Phi) is 3.53. The molecule has 0 aliphatic carbocycles. The average Bonchev–Trinajstić information content (AvgIpc) is 2.80. The van der Waals surface area contributed by atoms with Crippen LogP contribution >= 0.6 is 15.9 Å². The Bertz CT molecular complexity index is 703. The lowest BCUT2D eigenvalue weighted by molar-refractivity contribution is 0.511. The molecule has 1 atom stereocenters. The average molecular weight is 338 g/mol. The van der Waals surface area contributed by atoms with Crippen molar-refractivity contribution < 1.29 is 13.2 Å². The number of fused-ring (bicyclic) bond motifs is 1. The molecule has 0 N–H and O–H groups in total. The zero-order chi connectivity index (χ0) is 14.1. The maximum absolute atomic E-state index is 13.7. The van der Waals surface area contributed by atoms with Gasteiger partial charge in [-0.1, -0.05) is 34.1 Å². The zero-order valence-corrected chi connectivity index (χ0v) is 11.9. The Balaban J connectivity index is 1.90. The Morgan fingerprint density at radius 1 is 1.05 bits per heavy atom. The zero-order valence-electron chi connectivity index (χ0n) is 10.3. The molecule has 1 unspecified atom stereocenters. The van der Waals surface area contributed by atoms with Gasteiger partial charge in [-0.05, 0) is 24.3 Å². The van der Waals surface area contributed by atoms with E-state index in [9.17, 15) is 8.78 Å². The minimum absolute atomic E-state index is 0.00486. The van der Waals surface area contributed by atoms with Gasteiger partial charge in [-0.25, -0.2) is 13.8 Å². The molecule has 5 heteroatoms. The van der Waals surface area contributed by atoms with E-state index < -0.39 is 16.5 Å². The topological polar surface area (TPSA) is 26.0 Å². The maximum atomic E-state index is 13.7. The van der Waals surface area contributed by atoms with E-state index >= 15 is 0 Å². The Morgan fingerprint density at radius 2 is 1.75 bits per heavy atom. The highest BCUT2D eigenvalue weighted by molar-refractivity contribution is 9.09. The van der Waals surface area contributed by atoms with E-state index in [1.54, 1.807) is 6.07 Å². The molecule has 0 aliphatic rings. The van der Waals surface area contributed by atoms with Gasteiger partial charge in [0.1, 0.15) is 17.2 Å². The fourth-order valence-electron chi connectivity index (χ4n) is 2.07. The van der Waals surface area contributed by atoms with Crippen molar-refractivity contribution in [2.24, 2.45) is 0 Å². The van der Waals surface area contributed by atoms with Crippen molar-refractivity contribution in [1.29, 1.82) is 0 Å². The van der Waals surface area contributed by atoms with Gasteiger partial charge in [0.25, 0.3) is 0 Å². The SMILES string of the molecule is Fc1cccc(F)c1C(Br)Cc1nc2ccccc2o1. The molecular formula is C15H10BrF2NO. The number of nitrogens with zero attached hydrogens (tertiary/aromatic N) is 1. The molecule has 0 bridgehead atoms. The Hall–Kier alpha value is -1.75. The van der Waals surface area contributed by atoms with Crippen molar-refractivity contribution in [2.75, 3.05) is 0 Å². The molecule has 0 saturated heterocycles. The predicted molar refractivity (Wildman–Crippen MR) is 75.7 cm³/mol. The van der Waals surface area contributed by atoms with E-state index in [4.69, 9.17) is 4.42 Å². The first kappa shape index (κ1) is 13.2. The minimum Gasteiger partial charge on any atom is -0.441 e. The van der Waals surface area contributed by atoms with Crippen molar-refractivity contribution in [1.82, 2.24) is 4.98 Å². The quantitative estimate of drug-likeness (QED) is 0.642. The maximum Gasteiger partial charge on any atom is 0.196 e. The number of alkyl halides is 1. The summed E-state index contributed by atoms with van der Waals surface area (Å²) >= 11 is 3.30. The van der Waals surface area contributed by atoms with Crippen LogP contribution in [-0.2, 0) is 6.42 Å². The molecule has 2 nitrogen and oxygen atoms in total. The normalized spacial score (nSPS) is 12.8. The van der Waals surface area contributed by atoms with E-state index in [2.05, 4.69) is 20.9 Å². The first-order chi connectivity index (χ1) is 9.65. The van der Waals surface area contributed by atoms with Gasteiger partial charge in [0.2, 0.25) is 0 Å². The number of benzene rings is 2. The standard InChI is InChI=1S/C15H10BrF2NO/c16-9(15-10(17)4-3-5-11(15)18)8-14-19-12-6-1-2-7-13(12)20-14/h1-7,9H,8H2. The number of para-hydroxylation sites is 2. The van der Waals surface area contributed by atoms with E-state index in [1.807, 2.05) is 18.2 Å². The molecule has 2 aromatic carbocycles. The van der Waals surface area contributed by atoms with Gasteiger partial charge in [-0.15, -0.1) is 0 Å². The molecule has 20 heavy (non-hydrogen) atoms. The molecular weight excluding hydrogens is 328 g/mol. The number of halogens is 3. The largest absolute Gasteiger partial charge is 0.441 e. The second-order valence-corrected chi connectivity index (χ2v) is 5.49. The summed E-state index contributed by atoms with van der Waals surface area (Å²) in [5.41, 5.74) is 1.39. The first-order valence-corrected chi connectivity index (χ1v) is 6.99. The second kappa shape index (κ2) is 5.32. The molecule has 3 rings (SSSR count). The summed E-state index contributed by atoms with van der Waals surface area (Å²) in [5, 5.41) is 0. The summed E-state index contributed by atoms with van der Waals surface area (Å²) in [5.74, 6) is -0.721. The monoisotopic (exact) mass is 337 g/mol. The highest BCUT2D eigenvalue weighted by atomic mass is 79.9. The number of rotatable bonds is 3. The van der Waals surface area contributed by atoms with E-state index in [0.29, 0.717) is 11.5 Å². The fourth-order valence-corrected chi connectivity index (χ4v) is 2.79. The molecule has 3 aromatic rings. The Morgan fingerprint density at radius 3 is 2.45 bits per heavy atom. The molecule has 0 saturated carbocycles. The number of aromatic nitrogens is 1. The number of oxazole rings is 1. The van der Waals surface area contributed by atoms with Crippen LogP contribution < -0.4 is 0 Å². The summed E-state index contributed by atoms with van der Waals surface area (Å²) < 4.78 is 32.9. The first-order valence-electron chi connectivity index (χ1n) is 6.07. The smallest absolute Gasteiger partial charge is 0.196 e. The van der Waals surface area contributed by atoms with Gasteiger partial charge in [0.15, 0.2) is 11.5 Å². The molecule has 0 radical (unpaired) electrons. The van der Waals surface area contributed by atoms with Crippen LogP contribution in [0, 0.1) is 11.6 Å². The van der Waals surface area contributed by atoms with Crippen LogP contribution in [0.15, 0.2) is 46.9 Å². The Labute approximate surface area is 122 Å². The van der Waals surface area contributed by atoms with Crippen LogP contribution in [0.1, 0.15) is 16.3 Å². The van der Waals surface area contributed by atoms with Crippen molar-refractivity contribution in [2.45, 2.75) is 11.2 Å². The van der Waals surface area contributed by atoms with Gasteiger partial charge in [0, 0.05) is 12.0 Å². The van der Waals surface area contributed by atoms with Gasteiger partial charge in [-0.3, -0.25) is 0 Å². The minimum atomic E-state index is -0.581. The van der Waals surface area contributed by atoms with Crippen LogP contribution in [0.3, 0.4) is 0 Å². The lowest BCUT2D eigenvalue weighted by atomic mass is 10.1. The molecule has 0 fully saturated rings. The summed E-state index contributed by atoms with van der Waals surface area (Å²) in [6.45, 7) is 0. The van der Waals surface area contributed by atoms with Crippen molar-refractivity contribution in [3.8, 4) is 0 Å². The summed E-state index contributed by atoms with van der Waals surface area (Å²) in [6, 6.07) is 11.1. The summed E-state index contributed by atoms with van der Waals surface area (Å²) in [7, 11) is 0. The van der Waals surface area contributed by atoms with Crippen LogP contribution in [0.5, 0.6) is 0 Å². The van der Waals surface area contributed by atoms with Crippen LogP contribution in [0.4, 0.5) is 8.78 Å². The highest BCUT2D eigenvalue weighted by Crippen LogP contribution is 2.31. The van der Waals surface area contributed by atoms with Gasteiger partial charge >= 0.3 is 0 Å². The second-order valence-electron chi connectivity index (χ2n) is 4.38. The number of hydrogen-bond donors (Lipinski definition) is 0. The van der Waals surface area contributed by atoms with E-state index in [-0.39, 0.29) is 12.0 Å². The third-order valence-corrected chi connectivity index (χ3v) is 3.79. The van der Waals surface area contributed by atoms with Crippen molar-refractivity contribution in [3.05, 3.63) is 65.6 Å². The molecule has 1 aromatic heterocycles. The third-order valence-electron chi connectivity index (χ3n) is 3.00. The fraction of sp³-hybridized carbons (Fsp3) is 0.133. The van der Waals surface area contributed by atoms with Gasteiger partial charge in [0.05, 0.1) is 4.83 Å². The lowest BCUT2D eigenvalue weighted by Crippen LogP contribution is -2.02. The number of hydrogen-bond acceptors (Lipinski definition) is 2. The van der Waals surface area contributed by atoms with Crippen molar-refractivity contribution in [3.63, 3.8) is 0 Å². The van der Waals surface area contributed by atoms with Crippen LogP contribution in [-0.4, -0.2) is 4.98 Å². The summed E-state index contributed by atoms with van der Waals surface area (Å²) in [4.78, 5) is 3.77. The highest BCUT2D eigenvalue weighted by Gasteiger charge is 2.20. The summed E-state index contributed by atoms with van der Waals surface area (Å²) in [6.07, 6.45) is 0.270. The van der Waals surface area contributed by atoms with Crippen LogP contribution in [0.2, 0.25) is 0 Å². The van der Waals surface area contributed by atoms with Gasteiger partial charge < -0.3 is 4.42 Å². The molecule has 102 valence electrons. The lowest BCUT2D eigenvalue weighted by Gasteiger charge is -2.10.